The van der Waals surface area contributed by atoms with Crippen LogP contribution in [0.1, 0.15) is 67.3 Å². The maximum absolute atomic E-state index is 13.1. The molecule has 1 fully saturated rings. The molecule has 0 aliphatic heterocycles. The number of unbranched alkanes of at least 4 members (excludes halogenated alkanes) is 1. The monoisotopic (exact) mass is 530 g/mol. The lowest BCUT2D eigenvalue weighted by Crippen LogP contribution is -2.13. The molecular formula is C33H34N6O. The van der Waals surface area contributed by atoms with Crippen molar-refractivity contribution in [1.82, 2.24) is 30.2 Å². The fourth-order valence-corrected chi connectivity index (χ4v) is 5.25. The van der Waals surface area contributed by atoms with Crippen LogP contribution >= 0.6 is 0 Å². The molecule has 0 spiro atoms. The summed E-state index contributed by atoms with van der Waals surface area (Å²) >= 11 is 0. The summed E-state index contributed by atoms with van der Waals surface area (Å²) in [5.74, 6) is 2.51. The van der Waals surface area contributed by atoms with Gasteiger partial charge in [0.15, 0.2) is 5.78 Å². The molecule has 0 radical (unpaired) electrons. The molecule has 202 valence electrons. The minimum Gasteiger partial charge on any atom is -0.321 e. The van der Waals surface area contributed by atoms with Gasteiger partial charge >= 0.3 is 0 Å². The number of hydrogen-bond acceptors (Lipinski definition) is 5. The molecule has 1 N–H and O–H groups in total. The number of aromatic amines is 1. The van der Waals surface area contributed by atoms with Gasteiger partial charge < -0.3 is 4.57 Å². The number of H-pyrrole nitrogens is 1. The number of hydrogen-bond donors (Lipinski definition) is 1. The van der Waals surface area contributed by atoms with Crippen LogP contribution in [0.25, 0.3) is 33.6 Å². The maximum Gasteiger partial charge on any atom is 0.205 e. The highest BCUT2D eigenvalue weighted by Gasteiger charge is 2.24. The summed E-state index contributed by atoms with van der Waals surface area (Å²) in [7, 11) is 0. The first-order valence-electron chi connectivity index (χ1n) is 14.3. The predicted molar refractivity (Wildman–Crippen MR) is 157 cm³/mol. The number of benzene rings is 3. The number of nitrogens with one attached hydrogen (secondary N) is 1. The summed E-state index contributed by atoms with van der Waals surface area (Å²) in [5, 5.41) is 14.8. The van der Waals surface area contributed by atoms with Crippen molar-refractivity contribution in [3.05, 3.63) is 96.1 Å². The highest BCUT2D eigenvalue weighted by atomic mass is 16.1. The smallest absolute Gasteiger partial charge is 0.205 e. The van der Waals surface area contributed by atoms with Crippen LogP contribution in [-0.4, -0.2) is 36.0 Å². The summed E-state index contributed by atoms with van der Waals surface area (Å²) < 4.78 is 2.14. The Morgan fingerprint density at radius 2 is 1.75 bits per heavy atom. The number of rotatable bonds is 12. The van der Waals surface area contributed by atoms with Gasteiger partial charge in [-0.25, -0.2) is 4.98 Å². The van der Waals surface area contributed by atoms with Gasteiger partial charge in [-0.05, 0) is 63.9 Å². The topological polar surface area (TPSA) is 89.4 Å². The number of imidazole rings is 1. The number of Topliss-reactive ketones (excluding diaryl/α,β-unsaturated/α-hetero) is 1. The number of carbonyl (C=O) groups excluding carboxylic acids is 1. The zero-order valence-electron chi connectivity index (χ0n) is 22.9. The summed E-state index contributed by atoms with van der Waals surface area (Å²) in [4.78, 5) is 17.8. The normalized spacial score (nSPS) is 13.0. The first-order chi connectivity index (χ1) is 19.7. The van der Waals surface area contributed by atoms with E-state index in [1.165, 1.54) is 12.8 Å². The summed E-state index contributed by atoms with van der Waals surface area (Å²) in [6.07, 6.45) is 8.96. The zero-order valence-corrected chi connectivity index (χ0v) is 22.9. The van der Waals surface area contributed by atoms with Gasteiger partial charge in [-0.3, -0.25) is 4.79 Å². The van der Waals surface area contributed by atoms with E-state index >= 15 is 0 Å². The Hall–Kier alpha value is -4.39. The molecule has 7 nitrogen and oxygen atoms in total. The Kier molecular flexibility index (Phi) is 7.62. The fraction of sp³-hybridized carbons (Fsp3) is 0.303. The van der Waals surface area contributed by atoms with Crippen molar-refractivity contribution in [1.29, 1.82) is 0 Å². The van der Waals surface area contributed by atoms with Gasteiger partial charge in [0.05, 0.1) is 6.20 Å². The molecule has 0 bridgehead atoms. The Balaban J connectivity index is 1.30. The third-order valence-electron chi connectivity index (χ3n) is 7.77. The Morgan fingerprint density at radius 1 is 0.950 bits per heavy atom. The molecule has 1 aliphatic rings. The van der Waals surface area contributed by atoms with E-state index in [0.29, 0.717) is 18.8 Å². The van der Waals surface area contributed by atoms with Crippen molar-refractivity contribution in [3.8, 4) is 33.6 Å². The SMILES string of the molecule is CCCCc1ncc(C(=O)CCC2CC2)n1Cc1ccc(-c2cc(-c3ccccc3)ccc2-c2nn[nH]n2)cc1. The number of tetrazole rings is 1. The third-order valence-corrected chi connectivity index (χ3v) is 7.77. The largest absolute Gasteiger partial charge is 0.321 e. The molecule has 5 aromatic rings. The molecule has 6 rings (SSSR count). The van der Waals surface area contributed by atoms with E-state index in [2.05, 4.69) is 91.7 Å². The summed E-state index contributed by atoms with van der Waals surface area (Å²) in [6.45, 7) is 2.81. The van der Waals surface area contributed by atoms with E-state index in [4.69, 9.17) is 0 Å². The molecule has 0 saturated heterocycles. The number of ketones is 1. The lowest BCUT2D eigenvalue weighted by atomic mass is 9.93. The first kappa shape index (κ1) is 25.9. The Bertz CT molecular complexity index is 1570. The number of aryl methyl sites for hydroxylation is 1. The molecule has 0 atom stereocenters. The second-order valence-electron chi connectivity index (χ2n) is 10.7. The van der Waals surface area contributed by atoms with Crippen molar-refractivity contribution in [2.45, 2.75) is 58.4 Å². The minimum absolute atomic E-state index is 0.209. The molecule has 0 unspecified atom stereocenters. The van der Waals surface area contributed by atoms with E-state index in [1.54, 1.807) is 6.20 Å². The second-order valence-corrected chi connectivity index (χ2v) is 10.7. The molecular weight excluding hydrogens is 496 g/mol. The molecule has 1 aliphatic carbocycles. The molecule has 7 heteroatoms. The van der Waals surface area contributed by atoms with Crippen LogP contribution in [0, 0.1) is 5.92 Å². The molecule has 3 aromatic carbocycles. The fourth-order valence-electron chi connectivity index (χ4n) is 5.25. The van der Waals surface area contributed by atoms with Crippen molar-refractivity contribution in [2.24, 2.45) is 5.92 Å². The Labute approximate surface area is 234 Å². The van der Waals surface area contributed by atoms with Gasteiger partial charge in [-0.15, -0.1) is 10.2 Å². The molecule has 2 aromatic heterocycles. The van der Waals surface area contributed by atoms with Crippen molar-refractivity contribution < 1.29 is 4.79 Å². The molecule has 40 heavy (non-hydrogen) atoms. The lowest BCUT2D eigenvalue weighted by Gasteiger charge is -2.14. The van der Waals surface area contributed by atoms with E-state index in [1.807, 2.05) is 18.2 Å². The third kappa shape index (κ3) is 5.78. The summed E-state index contributed by atoms with van der Waals surface area (Å²) in [6, 6.07) is 25.3. The van der Waals surface area contributed by atoms with Crippen LogP contribution in [0.4, 0.5) is 0 Å². The van der Waals surface area contributed by atoms with E-state index < -0.39 is 0 Å². The van der Waals surface area contributed by atoms with Gasteiger partial charge in [-0.2, -0.15) is 5.21 Å². The summed E-state index contributed by atoms with van der Waals surface area (Å²) in [5.41, 5.74) is 7.18. The van der Waals surface area contributed by atoms with Gasteiger partial charge in [-0.1, -0.05) is 86.8 Å². The van der Waals surface area contributed by atoms with Gasteiger partial charge in [0.1, 0.15) is 11.5 Å². The van der Waals surface area contributed by atoms with Gasteiger partial charge in [0.2, 0.25) is 5.82 Å². The van der Waals surface area contributed by atoms with Crippen molar-refractivity contribution >= 4 is 5.78 Å². The van der Waals surface area contributed by atoms with E-state index in [-0.39, 0.29) is 5.78 Å². The van der Waals surface area contributed by atoms with E-state index in [9.17, 15) is 4.79 Å². The van der Waals surface area contributed by atoms with Crippen LogP contribution in [-0.2, 0) is 13.0 Å². The van der Waals surface area contributed by atoms with Gasteiger partial charge in [0, 0.05) is 24.9 Å². The highest BCUT2D eigenvalue weighted by molar-refractivity contribution is 5.94. The zero-order chi connectivity index (χ0) is 27.3. The van der Waals surface area contributed by atoms with Crippen LogP contribution < -0.4 is 0 Å². The maximum atomic E-state index is 13.1. The Morgan fingerprint density at radius 3 is 2.48 bits per heavy atom. The average Bonchev–Trinajstić information content (AvgIpc) is 3.50. The number of carbonyl (C=O) groups is 1. The quantitative estimate of drug-likeness (QED) is 0.173. The van der Waals surface area contributed by atoms with Crippen LogP contribution in [0.15, 0.2) is 79.0 Å². The standard InChI is InChI=1S/C33H34N6O/c1-2-3-9-32-34-21-30(31(40)19-14-23-10-11-23)39(32)22-24-12-15-26(16-13-24)29-20-27(25-7-5-4-6-8-25)17-18-28(29)33-35-37-38-36-33/h4-8,12-13,15-18,20-21,23H,2-3,9-11,14,19,22H2,1H3,(H,35,36,37,38). The van der Waals surface area contributed by atoms with Crippen LogP contribution in [0.3, 0.4) is 0 Å². The molecule has 0 amide bonds. The minimum atomic E-state index is 0.209. The van der Waals surface area contributed by atoms with Crippen LogP contribution in [0.2, 0.25) is 0 Å². The average molecular weight is 531 g/mol. The second kappa shape index (κ2) is 11.8. The number of aromatic nitrogens is 6. The first-order valence-corrected chi connectivity index (χ1v) is 14.3. The van der Waals surface area contributed by atoms with Gasteiger partial charge in [0.25, 0.3) is 0 Å². The number of nitrogens with zero attached hydrogens (tertiary/aromatic N) is 5. The van der Waals surface area contributed by atoms with Crippen LogP contribution in [0.5, 0.6) is 0 Å². The lowest BCUT2D eigenvalue weighted by molar-refractivity contribution is 0.0969. The van der Waals surface area contributed by atoms with Crippen molar-refractivity contribution in [2.75, 3.05) is 0 Å². The van der Waals surface area contributed by atoms with Crippen molar-refractivity contribution in [3.63, 3.8) is 0 Å². The molecule has 1 saturated carbocycles. The predicted octanol–water partition coefficient (Wildman–Crippen LogP) is 7.16. The highest BCUT2D eigenvalue weighted by Crippen LogP contribution is 2.35. The van der Waals surface area contributed by atoms with E-state index in [0.717, 1.165) is 76.5 Å². The molecule has 2 heterocycles.